The van der Waals surface area contributed by atoms with Crippen molar-refractivity contribution >= 4 is 45.5 Å². The number of carbonyl (C=O) groups excluding carboxylic acids is 1. The fourth-order valence-corrected chi connectivity index (χ4v) is 4.18. The van der Waals surface area contributed by atoms with Gasteiger partial charge in [-0.1, -0.05) is 32.0 Å². The molecule has 31 heavy (non-hydrogen) atoms. The highest BCUT2D eigenvalue weighted by Gasteiger charge is 2.36. The topological polar surface area (TPSA) is 106 Å². The molecule has 0 fully saturated rings. The Morgan fingerprint density at radius 1 is 1.26 bits per heavy atom. The van der Waals surface area contributed by atoms with Crippen LogP contribution in [0, 0.1) is 19.3 Å². The van der Waals surface area contributed by atoms with Gasteiger partial charge < -0.3 is 15.5 Å². The number of aryl methyl sites for hydroxylation is 1. The normalized spacial score (nSPS) is 16.2. The lowest BCUT2D eigenvalue weighted by molar-refractivity contribution is 0.0993. The number of anilines is 1. The Bertz CT molecular complexity index is 1240. The van der Waals surface area contributed by atoms with Crippen LogP contribution in [0.25, 0.3) is 10.9 Å². The van der Waals surface area contributed by atoms with Crippen LogP contribution in [-0.2, 0) is 6.42 Å². The Labute approximate surface area is 186 Å². The standard InChI is InChI=1S/C23H25N5O2S/c1-12-9-16(14-7-5-6-8-15(14)25-12)26-21(29)20-13(2)19-17(27-28-22(24)31)10-23(3,4)11-18(19)30-20/h5-9H,10-11H2,1-4H3,(H3,24,28,31)(H,25,26,29)/b27-17-. The third kappa shape index (κ3) is 4.16. The van der Waals surface area contributed by atoms with Crippen LogP contribution in [0.4, 0.5) is 5.69 Å². The molecular weight excluding hydrogens is 410 g/mol. The van der Waals surface area contributed by atoms with E-state index in [1.165, 1.54) is 0 Å². The average Bonchev–Trinajstić information content (AvgIpc) is 3.01. The summed E-state index contributed by atoms with van der Waals surface area (Å²) in [6, 6.07) is 9.57. The predicted octanol–water partition coefficient (Wildman–Crippen LogP) is 4.21. The molecule has 0 atom stereocenters. The molecule has 1 aromatic carbocycles. The van der Waals surface area contributed by atoms with Crippen LogP contribution >= 0.6 is 12.2 Å². The lowest BCUT2D eigenvalue weighted by atomic mass is 9.75. The largest absolute Gasteiger partial charge is 0.455 e. The number of nitrogens with one attached hydrogen (secondary N) is 2. The molecule has 1 amide bonds. The number of fused-ring (bicyclic) bond motifs is 2. The van der Waals surface area contributed by atoms with E-state index in [-0.39, 0.29) is 22.2 Å². The van der Waals surface area contributed by atoms with E-state index >= 15 is 0 Å². The van der Waals surface area contributed by atoms with Gasteiger partial charge in [0.25, 0.3) is 5.91 Å². The van der Waals surface area contributed by atoms with Crippen LogP contribution in [0.2, 0.25) is 0 Å². The molecule has 4 N–H and O–H groups in total. The Morgan fingerprint density at radius 2 is 2.00 bits per heavy atom. The second-order valence-electron chi connectivity index (χ2n) is 8.69. The van der Waals surface area contributed by atoms with Crippen molar-refractivity contribution in [3.63, 3.8) is 0 Å². The van der Waals surface area contributed by atoms with Gasteiger partial charge in [0, 0.05) is 28.6 Å². The van der Waals surface area contributed by atoms with Crippen molar-refractivity contribution in [1.29, 1.82) is 0 Å². The van der Waals surface area contributed by atoms with Crippen LogP contribution in [0.1, 0.15) is 53.4 Å². The van der Waals surface area contributed by atoms with Gasteiger partial charge in [-0.3, -0.25) is 15.2 Å². The van der Waals surface area contributed by atoms with E-state index in [2.05, 4.69) is 34.7 Å². The second-order valence-corrected chi connectivity index (χ2v) is 9.13. The smallest absolute Gasteiger partial charge is 0.291 e. The number of amides is 1. The third-order valence-electron chi connectivity index (χ3n) is 5.39. The molecule has 3 aromatic rings. The highest BCUT2D eigenvalue weighted by Crippen LogP contribution is 2.39. The number of nitrogens with two attached hydrogens (primary N) is 1. The number of hydrogen-bond acceptors (Lipinski definition) is 5. The molecule has 0 unspecified atom stereocenters. The molecule has 1 aliphatic carbocycles. The second kappa shape index (κ2) is 7.77. The first kappa shape index (κ1) is 21.0. The molecule has 0 bridgehead atoms. The van der Waals surface area contributed by atoms with E-state index in [4.69, 9.17) is 22.4 Å². The molecule has 0 spiro atoms. The third-order valence-corrected chi connectivity index (χ3v) is 5.48. The minimum Gasteiger partial charge on any atom is -0.455 e. The first-order valence-corrected chi connectivity index (χ1v) is 10.5. The maximum absolute atomic E-state index is 13.2. The van der Waals surface area contributed by atoms with Crippen LogP contribution in [0.3, 0.4) is 0 Å². The van der Waals surface area contributed by atoms with Crippen molar-refractivity contribution in [2.75, 3.05) is 5.32 Å². The molecule has 2 heterocycles. The molecule has 0 radical (unpaired) electrons. The number of benzene rings is 1. The molecule has 1 aliphatic rings. The number of nitrogens with zero attached hydrogens (tertiary/aromatic N) is 2. The van der Waals surface area contributed by atoms with E-state index in [0.29, 0.717) is 18.5 Å². The van der Waals surface area contributed by atoms with Gasteiger partial charge in [-0.2, -0.15) is 5.10 Å². The lowest BCUT2D eigenvalue weighted by Gasteiger charge is -2.29. The zero-order chi connectivity index (χ0) is 22.3. The van der Waals surface area contributed by atoms with Gasteiger partial charge in [0.2, 0.25) is 0 Å². The van der Waals surface area contributed by atoms with Crippen LogP contribution in [0.15, 0.2) is 39.9 Å². The van der Waals surface area contributed by atoms with E-state index < -0.39 is 0 Å². The number of hydrazone groups is 1. The number of rotatable bonds is 3. The summed E-state index contributed by atoms with van der Waals surface area (Å²) in [6.07, 6.45) is 1.42. The first-order valence-electron chi connectivity index (χ1n) is 10.1. The van der Waals surface area contributed by atoms with E-state index in [1.54, 1.807) is 0 Å². The number of para-hydroxylation sites is 1. The summed E-state index contributed by atoms with van der Waals surface area (Å²) in [4.78, 5) is 17.7. The average molecular weight is 436 g/mol. The minimum atomic E-state index is -0.304. The highest BCUT2D eigenvalue weighted by atomic mass is 32.1. The Hall–Kier alpha value is -3.26. The maximum Gasteiger partial charge on any atom is 0.291 e. The van der Waals surface area contributed by atoms with E-state index in [0.717, 1.165) is 39.2 Å². The number of hydrogen-bond donors (Lipinski definition) is 3. The molecule has 2 aromatic heterocycles. The van der Waals surface area contributed by atoms with Crippen molar-refractivity contribution in [2.24, 2.45) is 16.3 Å². The van der Waals surface area contributed by atoms with Crippen LogP contribution in [-0.4, -0.2) is 21.7 Å². The lowest BCUT2D eigenvalue weighted by Crippen LogP contribution is -2.31. The Morgan fingerprint density at radius 3 is 2.74 bits per heavy atom. The highest BCUT2D eigenvalue weighted by molar-refractivity contribution is 7.80. The van der Waals surface area contributed by atoms with Gasteiger partial charge in [0.05, 0.1) is 16.9 Å². The zero-order valence-corrected chi connectivity index (χ0v) is 18.8. The fraction of sp³-hybridized carbons (Fsp3) is 0.304. The monoisotopic (exact) mass is 435 g/mol. The molecule has 0 saturated heterocycles. The summed E-state index contributed by atoms with van der Waals surface area (Å²) in [7, 11) is 0. The van der Waals surface area contributed by atoms with Crippen molar-refractivity contribution in [3.8, 4) is 0 Å². The van der Waals surface area contributed by atoms with Crippen molar-refractivity contribution < 1.29 is 9.21 Å². The summed E-state index contributed by atoms with van der Waals surface area (Å²) in [6.45, 7) is 8.05. The molecule has 0 aliphatic heterocycles. The maximum atomic E-state index is 13.2. The van der Waals surface area contributed by atoms with Crippen molar-refractivity contribution in [1.82, 2.24) is 10.4 Å². The summed E-state index contributed by atoms with van der Waals surface area (Å²) < 4.78 is 6.09. The van der Waals surface area contributed by atoms with Gasteiger partial charge in [0.1, 0.15) is 5.76 Å². The van der Waals surface area contributed by atoms with Gasteiger partial charge in [-0.15, -0.1) is 0 Å². The van der Waals surface area contributed by atoms with Gasteiger partial charge in [-0.05, 0) is 50.0 Å². The van der Waals surface area contributed by atoms with Crippen molar-refractivity contribution in [3.05, 3.63) is 58.7 Å². The fourth-order valence-electron chi connectivity index (χ4n) is 4.14. The summed E-state index contributed by atoms with van der Waals surface area (Å²) >= 11 is 4.89. The van der Waals surface area contributed by atoms with Crippen LogP contribution < -0.4 is 16.5 Å². The van der Waals surface area contributed by atoms with Gasteiger partial charge >= 0.3 is 0 Å². The number of aromatic nitrogens is 1. The quantitative estimate of drug-likeness (QED) is 0.420. The molecule has 0 saturated carbocycles. The summed E-state index contributed by atoms with van der Waals surface area (Å²) in [5.41, 5.74) is 12.9. The van der Waals surface area contributed by atoms with Gasteiger partial charge in [0.15, 0.2) is 10.9 Å². The Kier molecular flexibility index (Phi) is 5.26. The number of thiocarbonyl (C=S) groups is 1. The predicted molar refractivity (Wildman–Crippen MR) is 126 cm³/mol. The molecule has 160 valence electrons. The number of furan rings is 1. The SMILES string of the molecule is Cc1cc(NC(=O)c2oc3c(c2C)/C(=N\NC(N)=S)CC(C)(C)C3)c2ccccc2n1. The summed E-state index contributed by atoms with van der Waals surface area (Å²) in [5.74, 6) is 0.726. The minimum absolute atomic E-state index is 0.0693. The molecule has 7 nitrogen and oxygen atoms in total. The van der Waals surface area contributed by atoms with E-state index in [9.17, 15) is 4.79 Å². The first-order chi connectivity index (χ1) is 14.6. The Balaban J connectivity index is 1.73. The van der Waals surface area contributed by atoms with Crippen molar-refractivity contribution in [2.45, 2.75) is 40.5 Å². The van der Waals surface area contributed by atoms with Crippen LogP contribution in [0.5, 0.6) is 0 Å². The molecule has 4 rings (SSSR count). The number of pyridine rings is 1. The molecular formula is C23H25N5O2S. The number of carbonyl (C=O) groups is 1. The van der Waals surface area contributed by atoms with E-state index in [1.807, 2.05) is 44.2 Å². The molecule has 8 heteroatoms. The summed E-state index contributed by atoms with van der Waals surface area (Å²) in [5, 5.41) is 8.37. The zero-order valence-electron chi connectivity index (χ0n) is 18.0. The van der Waals surface area contributed by atoms with Gasteiger partial charge in [-0.25, -0.2) is 0 Å².